The first-order valence-electron chi connectivity index (χ1n) is 8.22. The van der Waals surface area contributed by atoms with Crippen LogP contribution in [0, 0.1) is 10.1 Å². The summed E-state index contributed by atoms with van der Waals surface area (Å²) in [5, 5.41) is 10.9. The van der Waals surface area contributed by atoms with Crippen LogP contribution < -0.4 is 9.64 Å². The number of rotatable bonds is 8. The first-order chi connectivity index (χ1) is 11.1. The van der Waals surface area contributed by atoms with Gasteiger partial charge in [-0.2, -0.15) is 0 Å². The lowest BCUT2D eigenvalue weighted by Gasteiger charge is -2.30. The van der Waals surface area contributed by atoms with Crippen molar-refractivity contribution in [1.29, 1.82) is 0 Å². The molecule has 1 aliphatic heterocycles. The topological polar surface area (TPSA) is 85.6 Å². The molecule has 0 fully saturated rings. The Hall–Kier alpha value is -2.18. The third kappa shape index (κ3) is 3.97. The van der Waals surface area contributed by atoms with E-state index in [9.17, 15) is 14.9 Å². The monoisotopic (exact) mass is 321 g/mol. The number of hydrogen-bond donors (Lipinski definition) is 0. The Bertz CT molecular complexity index is 576. The summed E-state index contributed by atoms with van der Waals surface area (Å²) in [4.78, 5) is 28.4. The van der Waals surface area contributed by atoms with Crippen molar-refractivity contribution in [3.8, 4) is 5.75 Å². The van der Waals surface area contributed by atoms with Crippen LogP contribution >= 0.6 is 0 Å². The van der Waals surface area contributed by atoms with E-state index in [1.807, 2.05) is 6.92 Å². The molecular weight excluding hydrogens is 298 g/mol. The molecule has 0 spiro atoms. The van der Waals surface area contributed by atoms with E-state index in [0.717, 1.165) is 25.7 Å². The molecule has 1 aromatic rings. The lowest BCUT2D eigenvalue weighted by Crippen LogP contribution is -2.46. The van der Waals surface area contributed by atoms with Gasteiger partial charge in [0, 0.05) is 12.6 Å². The fourth-order valence-electron chi connectivity index (χ4n) is 2.64. The van der Waals surface area contributed by atoms with Gasteiger partial charge in [-0.15, -0.1) is 0 Å². The molecular formula is C16H23N3O4. The molecule has 2 rings (SSSR count). The summed E-state index contributed by atoms with van der Waals surface area (Å²) in [6.45, 7) is 4.55. The third-order valence-corrected chi connectivity index (χ3v) is 3.93. The Morgan fingerprint density at radius 1 is 1.26 bits per heavy atom. The van der Waals surface area contributed by atoms with Gasteiger partial charge in [0.1, 0.15) is 0 Å². The zero-order valence-electron chi connectivity index (χ0n) is 13.7. The van der Waals surface area contributed by atoms with E-state index >= 15 is 0 Å². The molecule has 0 aliphatic carbocycles. The van der Waals surface area contributed by atoms with Crippen molar-refractivity contribution in [1.82, 2.24) is 4.98 Å². The van der Waals surface area contributed by atoms with Crippen LogP contribution in [0.4, 0.5) is 11.6 Å². The summed E-state index contributed by atoms with van der Waals surface area (Å²) in [5.74, 6) is 0.273. The van der Waals surface area contributed by atoms with Gasteiger partial charge in [-0.3, -0.25) is 9.69 Å². The first-order valence-corrected chi connectivity index (χ1v) is 8.22. The summed E-state index contributed by atoms with van der Waals surface area (Å²) in [6.07, 6.45) is 5.36. The van der Waals surface area contributed by atoms with E-state index in [-0.39, 0.29) is 17.5 Å². The number of fused-ring (bicyclic) bond motifs is 1. The Labute approximate surface area is 135 Å². The van der Waals surface area contributed by atoms with Gasteiger partial charge in [0.05, 0.1) is 0 Å². The third-order valence-electron chi connectivity index (χ3n) is 3.93. The van der Waals surface area contributed by atoms with Crippen LogP contribution in [0.2, 0.25) is 0 Å². The van der Waals surface area contributed by atoms with Crippen molar-refractivity contribution in [3.63, 3.8) is 0 Å². The molecule has 0 bridgehead atoms. The number of aromatic nitrogens is 1. The van der Waals surface area contributed by atoms with E-state index in [2.05, 4.69) is 11.9 Å². The molecule has 2 heterocycles. The van der Waals surface area contributed by atoms with E-state index in [4.69, 9.17) is 4.74 Å². The number of carbonyl (C=O) groups is 1. The Morgan fingerprint density at radius 2 is 2.00 bits per heavy atom. The van der Waals surface area contributed by atoms with E-state index in [1.165, 1.54) is 18.6 Å². The number of pyridine rings is 1. The molecule has 0 radical (unpaired) electrons. The van der Waals surface area contributed by atoms with E-state index < -0.39 is 11.0 Å². The molecule has 1 aromatic heterocycles. The summed E-state index contributed by atoms with van der Waals surface area (Å²) in [7, 11) is 0. The highest BCUT2D eigenvalue weighted by atomic mass is 16.6. The molecule has 7 nitrogen and oxygen atoms in total. The summed E-state index contributed by atoms with van der Waals surface area (Å²) < 4.78 is 5.63. The molecule has 0 N–H and O–H groups in total. The number of unbranched alkanes of at least 4 members (excludes halogenated alkanes) is 4. The predicted molar refractivity (Wildman–Crippen MR) is 86.7 cm³/mol. The highest BCUT2D eigenvalue weighted by Crippen LogP contribution is 2.34. The maximum atomic E-state index is 12.5. The van der Waals surface area contributed by atoms with Gasteiger partial charge in [0.25, 0.3) is 11.7 Å². The van der Waals surface area contributed by atoms with Crippen molar-refractivity contribution < 1.29 is 14.5 Å². The Morgan fingerprint density at radius 3 is 2.65 bits per heavy atom. The molecule has 7 heteroatoms. The van der Waals surface area contributed by atoms with Crippen LogP contribution in [-0.4, -0.2) is 28.5 Å². The number of carbonyl (C=O) groups excluding carboxylic acids is 1. The number of anilines is 1. The van der Waals surface area contributed by atoms with Crippen LogP contribution in [0.25, 0.3) is 0 Å². The normalized spacial score (nSPS) is 16.9. The fourth-order valence-corrected chi connectivity index (χ4v) is 2.64. The quantitative estimate of drug-likeness (QED) is 0.416. The second-order valence-corrected chi connectivity index (χ2v) is 5.67. The van der Waals surface area contributed by atoms with Crippen molar-refractivity contribution in [2.24, 2.45) is 0 Å². The number of nitro groups is 1. The smallest absolute Gasteiger partial charge is 0.366 e. The minimum absolute atomic E-state index is 0.163. The van der Waals surface area contributed by atoms with Crippen molar-refractivity contribution in [2.75, 3.05) is 11.4 Å². The zero-order valence-corrected chi connectivity index (χ0v) is 13.7. The SMILES string of the molecule is CCCCCCCN1C(=O)C(CC)Oc2ccc([N+](=O)[O-])nc21. The molecule has 0 saturated heterocycles. The van der Waals surface area contributed by atoms with Gasteiger partial charge >= 0.3 is 5.82 Å². The van der Waals surface area contributed by atoms with Crippen LogP contribution in [-0.2, 0) is 4.79 Å². The zero-order chi connectivity index (χ0) is 16.8. The van der Waals surface area contributed by atoms with Crippen molar-refractivity contribution in [3.05, 3.63) is 22.2 Å². The standard InChI is InChI=1S/C16H23N3O4/c1-3-5-6-7-8-11-18-15-13(23-12(4-2)16(18)20)9-10-14(17-15)19(21)22/h9-10,12H,3-8,11H2,1-2H3. The van der Waals surface area contributed by atoms with Crippen LogP contribution in [0.3, 0.4) is 0 Å². The van der Waals surface area contributed by atoms with Gasteiger partial charge in [-0.25, -0.2) is 0 Å². The van der Waals surface area contributed by atoms with E-state index in [0.29, 0.717) is 18.7 Å². The highest BCUT2D eigenvalue weighted by molar-refractivity contribution is 5.99. The van der Waals surface area contributed by atoms with Crippen LogP contribution in [0.1, 0.15) is 52.4 Å². The van der Waals surface area contributed by atoms with Gasteiger partial charge in [0.15, 0.2) is 11.9 Å². The second-order valence-electron chi connectivity index (χ2n) is 5.67. The molecule has 1 unspecified atom stereocenters. The molecule has 1 aliphatic rings. The lowest BCUT2D eigenvalue weighted by atomic mass is 10.1. The molecule has 1 atom stereocenters. The predicted octanol–water partition coefficient (Wildman–Crippen LogP) is 3.46. The maximum Gasteiger partial charge on any atom is 0.366 e. The van der Waals surface area contributed by atoms with Gasteiger partial charge in [-0.05, 0) is 28.8 Å². The summed E-state index contributed by atoms with van der Waals surface area (Å²) in [5.41, 5.74) is 0. The number of nitrogens with zero attached hydrogens (tertiary/aromatic N) is 3. The van der Waals surface area contributed by atoms with Crippen molar-refractivity contribution >= 4 is 17.5 Å². The molecule has 0 saturated carbocycles. The number of hydrogen-bond acceptors (Lipinski definition) is 5. The summed E-state index contributed by atoms with van der Waals surface area (Å²) >= 11 is 0. The largest absolute Gasteiger partial charge is 0.474 e. The Balaban J connectivity index is 2.19. The van der Waals surface area contributed by atoms with Crippen LogP contribution in [0.5, 0.6) is 5.75 Å². The fraction of sp³-hybridized carbons (Fsp3) is 0.625. The van der Waals surface area contributed by atoms with Crippen molar-refractivity contribution in [2.45, 2.75) is 58.5 Å². The maximum absolute atomic E-state index is 12.5. The van der Waals surface area contributed by atoms with Gasteiger partial charge in [-0.1, -0.05) is 39.5 Å². The Kier molecular flexibility index (Phi) is 5.90. The molecule has 23 heavy (non-hydrogen) atoms. The number of ether oxygens (including phenoxy) is 1. The van der Waals surface area contributed by atoms with Gasteiger partial charge < -0.3 is 14.9 Å². The first kappa shape index (κ1) is 17.2. The van der Waals surface area contributed by atoms with E-state index in [1.54, 1.807) is 4.90 Å². The lowest BCUT2D eigenvalue weighted by molar-refractivity contribution is -0.389. The second kappa shape index (κ2) is 7.89. The molecule has 0 aromatic carbocycles. The van der Waals surface area contributed by atoms with Gasteiger partial charge in [0.2, 0.25) is 0 Å². The minimum Gasteiger partial charge on any atom is -0.474 e. The minimum atomic E-state index is -0.559. The molecule has 1 amide bonds. The van der Waals surface area contributed by atoms with Crippen LogP contribution in [0.15, 0.2) is 12.1 Å². The molecule has 126 valence electrons. The number of amides is 1. The summed E-state index contributed by atoms with van der Waals surface area (Å²) in [6, 6.07) is 2.83. The highest BCUT2D eigenvalue weighted by Gasteiger charge is 2.37. The average molecular weight is 321 g/mol. The average Bonchev–Trinajstić information content (AvgIpc) is 2.55.